The summed E-state index contributed by atoms with van der Waals surface area (Å²) in [4.78, 5) is 0. The molecule has 1 saturated heterocycles. The van der Waals surface area contributed by atoms with Crippen molar-refractivity contribution in [3.63, 3.8) is 0 Å². The third-order valence-electron chi connectivity index (χ3n) is 1.50. The fourth-order valence-electron chi connectivity index (χ4n) is 0.655. The predicted octanol–water partition coefficient (Wildman–Crippen LogP) is 2.62. The molecular weight excluding hydrogens is 208 g/mol. The Morgan fingerprint density at radius 1 is 1.23 bits per heavy atom. The van der Waals surface area contributed by atoms with Crippen LogP contribution in [-0.4, -0.2) is 25.0 Å². The minimum Gasteiger partial charge on any atom is -0.306 e. The molecule has 0 aromatic heterocycles. The monoisotopic (exact) mass is 218 g/mol. The van der Waals surface area contributed by atoms with Gasteiger partial charge in [0.15, 0.2) is 6.61 Å². The highest BCUT2D eigenvalue weighted by molar-refractivity contribution is 7.42. The summed E-state index contributed by atoms with van der Waals surface area (Å²) in [5.74, 6) is 0. The summed E-state index contributed by atoms with van der Waals surface area (Å²) in [6.45, 7) is 2.13. The van der Waals surface area contributed by atoms with Crippen LogP contribution in [-0.2, 0) is 13.6 Å². The molecule has 2 unspecified atom stereocenters. The zero-order valence-electron chi connectivity index (χ0n) is 7.17. The standard InChI is InChI=1S/C6H10F3O3P/c1-4-5(2)12-13(11-4)10-3-6(7,8)9/h4-5H,3H2,1-2H3. The number of alkyl halides is 3. The lowest BCUT2D eigenvalue weighted by Gasteiger charge is -2.10. The van der Waals surface area contributed by atoms with Crippen LogP contribution < -0.4 is 0 Å². The van der Waals surface area contributed by atoms with E-state index in [9.17, 15) is 13.2 Å². The highest BCUT2D eigenvalue weighted by Crippen LogP contribution is 2.49. The Hall–Kier alpha value is 0.100. The van der Waals surface area contributed by atoms with Crippen LogP contribution in [0.5, 0.6) is 0 Å². The first kappa shape index (κ1) is 11.2. The van der Waals surface area contributed by atoms with Gasteiger partial charge in [0.25, 0.3) is 0 Å². The molecule has 0 radical (unpaired) electrons. The van der Waals surface area contributed by atoms with Gasteiger partial charge in [-0.1, -0.05) is 0 Å². The van der Waals surface area contributed by atoms with Gasteiger partial charge in [0.2, 0.25) is 0 Å². The van der Waals surface area contributed by atoms with Gasteiger partial charge in [0.05, 0.1) is 12.2 Å². The number of hydrogen-bond donors (Lipinski definition) is 0. The number of halogens is 3. The Labute approximate surface area is 75.2 Å². The molecule has 13 heavy (non-hydrogen) atoms. The van der Waals surface area contributed by atoms with E-state index in [4.69, 9.17) is 9.05 Å². The van der Waals surface area contributed by atoms with Crippen molar-refractivity contribution in [1.29, 1.82) is 0 Å². The molecular formula is C6H10F3O3P. The molecule has 7 heteroatoms. The first-order valence-electron chi connectivity index (χ1n) is 3.72. The molecule has 0 bridgehead atoms. The molecule has 0 aromatic rings. The highest BCUT2D eigenvalue weighted by Gasteiger charge is 2.36. The fourth-order valence-corrected chi connectivity index (χ4v) is 1.96. The molecule has 0 aliphatic carbocycles. The summed E-state index contributed by atoms with van der Waals surface area (Å²) in [6, 6.07) is 0. The van der Waals surface area contributed by atoms with Crippen LogP contribution >= 0.6 is 8.60 Å². The van der Waals surface area contributed by atoms with Crippen molar-refractivity contribution < 1.29 is 26.7 Å². The molecule has 1 fully saturated rings. The summed E-state index contributed by atoms with van der Waals surface area (Å²) in [5.41, 5.74) is 0. The van der Waals surface area contributed by atoms with E-state index < -0.39 is 21.4 Å². The lowest BCUT2D eigenvalue weighted by molar-refractivity contribution is -0.155. The van der Waals surface area contributed by atoms with Gasteiger partial charge in [-0.15, -0.1) is 0 Å². The first-order chi connectivity index (χ1) is 5.88. The zero-order chi connectivity index (χ0) is 10.1. The minimum atomic E-state index is -4.33. The van der Waals surface area contributed by atoms with Crippen molar-refractivity contribution in [2.45, 2.75) is 32.2 Å². The average Bonchev–Trinajstić information content (AvgIpc) is 2.27. The maximum Gasteiger partial charge on any atom is 0.412 e. The average molecular weight is 218 g/mol. The van der Waals surface area contributed by atoms with Crippen LogP contribution in [0, 0.1) is 0 Å². The molecule has 78 valence electrons. The van der Waals surface area contributed by atoms with E-state index in [0.717, 1.165) is 0 Å². The van der Waals surface area contributed by atoms with Crippen molar-refractivity contribution in [2.75, 3.05) is 6.61 Å². The van der Waals surface area contributed by atoms with Crippen LogP contribution in [0.1, 0.15) is 13.8 Å². The maximum absolute atomic E-state index is 11.7. The Bertz CT molecular complexity index is 165. The van der Waals surface area contributed by atoms with Crippen LogP contribution in [0.25, 0.3) is 0 Å². The van der Waals surface area contributed by atoms with Crippen LogP contribution in [0.3, 0.4) is 0 Å². The zero-order valence-corrected chi connectivity index (χ0v) is 8.06. The van der Waals surface area contributed by atoms with Gasteiger partial charge >= 0.3 is 14.8 Å². The lowest BCUT2D eigenvalue weighted by atomic mass is 10.3. The topological polar surface area (TPSA) is 27.7 Å². The van der Waals surface area contributed by atoms with E-state index in [1.807, 2.05) is 0 Å². The highest BCUT2D eigenvalue weighted by atomic mass is 31.2. The smallest absolute Gasteiger partial charge is 0.306 e. The summed E-state index contributed by atoms with van der Waals surface area (Å²) in [6.07, 6.45) is -4.75. The van der Waals surface area contributed by atoms with Crippen molar-refractivity contribution in [2.24, 2.45) is 0 Å². The summed E-state index contributed by atoms with van der Waals surface area (Å²) >= 11 is 0. The molecule has 0 amide bonds. The van der Waals surface area contributed by atoms with Gasteiger partial charge in [0, 0.05) is 0 Å². The van der Waals surface area contributed by atoms with Crippen LogP contribution in [0.2, 0.25) is 0 Å². The third-order valence-corrected chi connectivity index (χ3v) is 2.85. The molecule has 1 aliphatic heterocycles. The van der Waals surface area contributed by atoms with Gasteiger partial charge in [-0.25, -0.2) is 0 Å². The van der Waals surface area contributed by atoms with Crippen molar-refractivity contribution in [3.05, 3.63) is 0 Å². The molecule has 0 aromatic carbocycles. The second kappa shape index (κ2) is 4.09. The fraction of sp³-hybridized carbons (Fsp3) is 1.00. The van der Waals surface area contributed by atoms with Crippen molar-refractivity contribution >= 4 is 8.60 Å². The SMILES string of the molecule is CC1OP(OCC(F)(F)F)OC1C. The lowest BCUT2D eigenvalue weighted by Crippen LogP contribution is -2.15. The number of rotatable bonds is 2. The second-order valence-corrected chi connectivity index (χ2v) is 3.86. The van der Waals surface area contributed by atoms with E-state index in [1.54, 1.807) is 13.8 Å². The molecule has 0 spiro atoms. The van der Waals surface area contributed by atoms with E-state index in [-0.39, 0.29) is 12.2 Å². The minimum absolute atomic E-state index is 0.209. The molecule has 2 atom stereocenters. The van der Waals surface area contributed by atoms with Gasteiger partial charge < -0.3 is 13.6 Å². The van der Waals surface area contributed by atoms with Crippen LogP contribution in [0.4, 0.5) is 13.2 Å². The van der Waals surface area contributed by atoms with Crippen LogP contribution in [0.15, 0.2) is 0 Å². The molecule has 1 heterocycles. The van der Waals surface area contributed by atoms with Gasteiger partial charge in [0.1, 0.15) is 0 Å². The van der Waals surface area contributed by atoms with E-state index in [0.29, 0.717) is 0 Å². The van der Waals surface area contributed by atoms with E-state index in [1.165, 1.54) is 0 Å². The Morgan fingerprint density at radius 3 is 2.08 bits per heavy atom. The number of hydrogen-bond acceptors (Lipinski definition) is 3. The van der Waals surface area contributed by atoms with Crippen molar-refractivity contribution in [3.8, 4) is 0 Å². The normalized spacial score (nSPS) is 35.3. The molecule has 1 aliphatic rings. The van der Waals surface area contributed by atoms with E-state index in [2.05, 4.69) is 4.52 Å². The summed E-state index contributed by atoms with van der Waals surface area (Å²) in [7, 11) is -1.81. The van der Waals surface area contributed by atoms with Gasteiger partial charge in [-0.3, -0.25) is 0 Å². The Balaban J connectivity index is 2.25. The molecule has 3 nitrogen and oxygen atoms in total. The maximum atomic E-state index is 11.7. The summed E-state index contributed by atoms with van der Waals surface area (Å²) < 4.78 is 49.4. The molecule has 0 saturated carbocycles. The largest absolute Gasteiger partial charge is 0.412 e. The van der Waals surface area contributed by atoms with Gasteiger partial charge in [-0.2, -0.15) is 13.2 Å². The predicted molar refractivity (Wildman–Crippen MR) is 40.0 cm³/mol. The molecule has 0 N–H and O–H groups in total. The summed E-state index contributed by atoms with van der Waals surface area (Å²) in [5, 5.41) is 0. The van der Waals surface area contributed by atoms with Gasteiger partial charge in [-0.05, 0) is 13.8 Å². The Kier molecular flexibility index (Phi) is 3.51. The quantitative estimate of drug-likeness (QED) is 0.666. The molecule has 1 rings (SSSR count). The second-order valence-electron chi connectivity index (χ2n) is 2.73. The third kappa shape index (κ3) is 3.77. The van der Waals surface area contributed by atoms with E-state index >= 15 is 0 Å². The Morgan fingerprint density at radius 2 is 1.69 bits per heavy atom. The first-order valence-corrected chi connectivity index (χ1v) is 4.81. The van der Waals surface area contributed by atoms with Crippen molar-refractivity contribution in [1.82, 2.24) is 0 Å².